The summed E-state index contributed by atoms with van der Waals surface area (Å²) < 4.78 is 5.03. The molecule has 0 bridgehead atoms. The van der Waals surface area contributed by atoms with E-state index < -0.39 is 6.09 Å². The summed E-state index contributed by atoms with van der Waals surface area (Å²) in [4.78, 5) is 11.3. The van der Waals surface area contributed by atoms with Crippen LogP contribution in [0, 0.1) is 17.8 Å². The van der Waals surface area contributed by atoms with Crippen LogP contribution in [0.3, 0.4) is 0 Å². The Morgan fingerprint density at radius 3 is 2.68 bits per heavy atom. The molecule has 0 atom stereocenters. The second kappa shape index (κ2) is 8.04. The number of ether oxygens (including phenoxy) is 1. The fourth-order valence-corrected chi connectivity index (χ4v) is 1.37. The summed E-state index contributed by atoms with van der Waals surface area (Å²) >= 11 is 0. The van der Waals surface area contributed by atoms with Crippen LogP contribution in [0.25, 0.3) is 0 Å². The van der Waals surface area contributed by atoms with Crippen LogP contribution in [0.2, 0.25) is 0 Å². The number of carbonyl (C=O) groups excluding carboxylic acids is 1. The molecule has 19 heavy (non-hydrogen) atoms. The summed E-state index contributed by atoms with van der Waals surface area (Å²) in [6, 6.07) is 7.50. The van der Waals surface area contributed by atoms with Gasteiger partial charge < -0.3 is 15.8 Å². The maximum Gasteiger partial charge on any atom is 0.407 e. The average Bonchev–Trinajstić information content (AvgIpc) is 2.37. The first kappa shape index (κ1) is 14.9. The Bertz CT molecular complexity index is 455. The highest BCUT2D eigenvalue weighted by molar-refractivity contribution is 5.67. The maximum absolute atomic E-state index is 11.3. The Morgan fingerprint density at radius 2 is 2.05 bits per heavy atom. The van der Waals surface area contributed by atoms with Gasteiger partial charge in [-0.3, -0.25) is 0 Å². The third-order valence-corrected chi connectivity index (χ3v) is 2.32. The fraction of sp³-hybridized carbons (Fsp3) is 0.400. The van der Waals surface area contributed by atoms with Gasteiger partial charge in [0.15, 0.2) is 0 Å². The quantitative estimate of drug-likeness (QED) is 0.644. The highest BCUT2D eigenvalue weighted by Crippen LogP contribution is 2.05. The summed E-state index contributed by atoms with van der Waals surface area (Å²) in [6.07, 6.45) is 0.235. The van der Waals surface area contributed by atoms with Gasteiger partial charge in [-0.05, 0) is 17.7 Å². The van der Waals surface area contributed by atoms with Gasteiger partial charge in [0.2, 0.25) is 0 Å². The lowest BCUT2D eigenvalue weighted by Crippen LogP contribution is -2.25. The van der Waals surface area contributed by atoms with Crippen molar-refractivity contribution in [1.29, 1.82) is 0 Å². The molecule has 3 N–H and O–H groups in total. The zero-order valence-corrected chi connectivity index (χ0v) is 11.4. The number of nitrogens with one attached hydrogen (secondary N) is 1. The largest absolute Gasteiger partial charge is 0.449 e. The molecule has 102 valence electrons. The standard InChI is InChI=1S/C15H20N2O2/c1-12(2)4-3-10-17-15(18)19-11-9-13-5-7-14(16)8-6-13/h5-8,12H,9-11,16H2,1-2H3,(H,17,18). The number of anilines is 1. The topological polar surface area (TPSA) is 64.3 Å². The molecule has 0 aliphatic rings. The molecule has 0 heterocycles. The van der Waals surface area contributed by atoms with Crippen LogP contribution < -0.4 is 11.1 Å². The Kier molecular flexibility index (Phi) is 6.31. The molecule has 4 nitrogen and oxygen atoms in total. The summed E-state index contributed by atoms with van der Waals surface area (Å²) in [5.41, 5.74) is 7.40. The van der Waals surface area contributed by atoms with E-state index in [-0.39, 0.29) is 0 Å². The van der Waals surface area contributed by atoms with Crippen LogP contribution in [0.15, 0.2) is 24.3 Å². The van der Waals surface area contributed by atoms with Gasteiger partial charge in [0.25, 0.3) is 0 Å². The molecular weight excluding hydrogens is 240 g/mol. The van der Waals surface area contributed by atoms with E-state index in [9.17, 15) is 4.79 Å². The Balaban J connectivity index is 2.17. The van der Waals surface area contributed by atoms with E-state index >= 15 is 0 Å². The van der Waals surface area contributed by atoms with Crippen molar-refractivity contribution >= 4 is 11.8 Å². The average molecular weight is 260 g/mol. The van der Waals surface area contributed by atoms with Gasteiger partial charge in [-0.15, -0.1) is 0 Å². The lowest BCUT2D eigenvalue weighted by Gasteiger charge is -2.05. The summed E-state index contributed by atoms with van der Waals surface area (Å²) in [6.45, 7) is 4.65. The van der Waals surface area contributed by atoms with Crippen LogP contribution >= 0.6 is 0 Å². The van der Waals surface area contributed by atoms with Crippen molar-refractivity contribution in [3.63, 3.8) is 0 Å². The first-order valence-corrected chi connectivity index (χ1v) is 6.31. The molecule has 0 radical (unpaired) electrons. The van der Waals surface area contributed by atoms with Crippen LogP contribution in [-0.4, -0.2) is 19.2 Å². The molecule has 1 rings (SSSR count). The third-order valence-electron chi connectivity index (χ3n) is 2.32. The first-order chi connectivity index (χ1) is 9.08. The maximum atomic E-state index is 11.3. The fourth-order valence-electron chi connectivity index (χ4n) is 1.37. The van der Waals surface area contributed by atoms with Gasteiger partial charge in [0, 0.05) is 18.0 Å². The number of nitrogens with two attached hydrogens (primary N) is 1. The SMILES string of the molecule is CC(C)C#CCNC(=O)OCCc1ccc(N)cc1. The van der Waals surface area contributed by atoms with E-state index in [1.54, 1.807) is 0 Å². The Hall–Kier alpha value is -2.15. The smallest absolute Gasteiger partial charge is 0.407 e. The van der Waals surface area contributed by atoms with E-state index in [1.165, 1.54) is 0 Å². The van der Waals surface area contributed by atoms with Crippen molar-refractivity contribution in [1.82, 2.24) is 5.32 Å². The van der Waals surface area contributed by atoms with Crippen LogP contribution in [-0.2, 0) is 11.2 Å². The predicted molar refractivity (Wildman–Crippen MR) is 76.5 cm³/mol. The second-order valence-corrected chi connectivity index (χ2v) is 4.46. The number of alkyl carbamates (subject to hydrolysis) is 1. The number of carbonyl (C=O) groups is 1. The summed E-state index contributed by atoms with van der Waals surface area (Å²) in [5, 5.41) is 2.58. The van der Waals surface area contributed by atoms with Crippen LogP contribution in [0.1, 0.15) is 19.4 Å². The number of nitrogen functional groups attached to an aromatic ring is 1. The number of hydrogen-bond donors (Lipinski definition) is 2. The minimum Gasteiger partial charge on any atom is -0.449 e. The molecule has 4 heteroatoms. The van der Waals surface area contributed by atoms with Gasteiger partial charge in [-0.1, -0.05) is 37.8 Å². The van der Waals surface area contributed by atoms with E-state index in [2.05, 4.69) is 17.2 Å². The molecule has 0 aromatic heterocycles. The van der Waals surface area contributed by atoms with Crippen LogP contribution in [0.5, 0.6) is 0 Å². The molecular formula is C15H20N2O2. The number of benzene rings is 1. The Labute approximate surface area is 114 Å². The first-order valence-electron chi connectivity index (χ1n) is 6.31. The van der Waals surface area contributed by atoms with Crippen molar-refractivity contribution in [2.45, 2.75) is 20.3 Å². The molecule has 0 fully saturated rings. The zero-order chi connectivity index (χ0) is 14.1. The molecule has 1 amide bonds. The molecule has 0 saturated carbocycles. The van der Waals surface area contributed by atoms with Gasteiger partial charge in [-0.2, -0.15) is 0 Å². The van der Waals surface area contributed by atoms with Gasteiger partial charge in [0.1, 0.15) is 0 Å². The van der Waals surface area contributed by atoms with E-state index in [4.69, 9.17) is 10.5 Å². The van der Waals surface area contributed by atoms with E-state index in [0.717, 1.165) is 11.3 Å². The molecule has 0 saturated heterocycles. The van der Waals surface area contributed by atoms with Crippen LogP contribution in [0.4, 0.5) is 10.5 Å². The molecule has 0 unspecified atom stereocenters. The third kappa shape index (κ3) is 6.99. The monoisotopic (exact) mass is 260 g/mol. The second-order valence-electron chi connectivity index (χ2n) is 4.46. The minimum absolute atomic E-state index is 0.309. The number of amides is 1. The summed E-state index contributed by atoms with van der Waals surface area (Å²) in [7, 11) is 0. The van der Waals surface area contributed by atoms with Crippen molar-refractivity contribution in [2.24, 2.45) is 5.92 Å². The lowest BCUT2D eigenvalue weighted by atomic mass is 10.1. The molecule has 1 aromatic rings. The summed E-state index contributed by atoms with van der Waals surface area (Å²) in [5.74, 6) is 6.12. The molecule has 0 aliphatic heterocycles. The van der Waals surface area contributed by atoms with Crippen molar-refractivity contribution in [3.8, 4) is 11.8 Å². The number of rotatable bonds is 4. The molecule has 0 aliphatic carbocycles. The lowest BCUT2D eigenvalue weighted by molar-refractivity contribution is 0.149. The highest BCUT2D eigenvalue weighted by Gasteiger charge is 2.00. The van der Waals surface area contributed by atoms with Crippen molar-refractivity contribution < 1.29 is 9.53 Å². The minimum atomic E-state index is -0.437. The van der Waals surface area contributed by atoms with E-state index in [1.807, 2.05) is 38.1 Å². The number of hydrogen-bond acceptors (Lipinski definition) is 3. The van der Waals surface area contributed by atoms with Crippen molar-refractivity contribution in [2.75, 3.05) is 18.9 Å². The normalized spacial score (nSPS) is 9.63. The van der Waals surface area contributed by atoms with E-state index in [0.29, 0.717) is 25.5 Å². The Morgan fingerprint density at radius 1 is 1.37 bits per heavy atom. The zero-order valence-electron chi connectivity index (χ0n) is 11.4. The molecule has 0 spiro atoms. The van der Waals surface area contributed by atoms with Crippen molar-refractivity contribution in [3.05, 3.63) is 29.8 Å². The molecule has 1 aromatic carbocycles. The van der Waals surface area contributed by atoms with Gasteiger partial charge in [-0.25, -0.2) is 4.79 Å². The highest BCUT2D eigenvalue weighted by atomic mass is 16.5. The van der Waals surface area contributed by atoms with Gasteiger partial charge >= 0.3 is 6.09 Å². The van der Waals surface area contributed by atoms with Gasteiger partial charge in [0.05, 0.1) is 13.2 Å². The predicted octanol–water partition coefficient (Wildman–Crippen LogP) is 2.20.